The summed E-state index contributed by atoms with van der Waals surface area (Å²) >= 11 is 0. The van der Waals surface area contributed by atoms with Gasteiger partial charge in [-0.25, -0.2) is 0 Å². The third-order valence-corrected chi connectivity index (χ3v) is 1.64. The van der Waals surface area contributed by atoms with Gasteiger partial charge in [-0.05, 0) is 6.07 Å². The molecule has 0 unspecified atom stereocenters. The Kier molecular flexibility index (Phi) is 2.99. The SMILES string of the molecule is COCCC(=O)c1ccnn1C. The second-order valence-corrected chi connectivity index (χ2v) is 2.51. The Labute approximate surface area is 71.1 Å². The predicted molar refractivity (Wildman–Crippen MR) is 44.0 cm³/mol. The van der Waals surface area contributed by atoms with E-state index in [1.54, 1.807) is 31.1 Å². The Morgan fingerprint density at radius 1 is 1.75 bits per heavy atom. The minimum Gasteiger partial charge on any atom is -0.384 e. The lowest BCUT2D eigenvalue weighted by atomic mass is 10.2. The van der Waals surface area contributed by atoms with Gasteiger partial charge in [0.25, 0.3) is 0 Å². The van der Waals surface area contributed by atoms with E-state index in [1.165, 1.54) is 0 Å². The molecular formula is C8H12N2O2. The highest BCUT2D eigenvalue weighted by Gasteiger charge is 2.08. The summed E-state index contributed by atoms with van der Waals surface area (Å²) in [5.41, 5.74) is 0.632. The van der Waals surface area contributed by atoms with Gasteiger partial charge in [0.15, 0.2) is 5.78 Å². The highest BCUT2D eigenvalue weighted by atomic mass is 16.5. The van der Waals surface area contributed by atoms with Crippen LogP contribution in [0.1, 0.15) is 16.9 Å². The Balaban J connectivity index is 2.59. The fraction of sp³-hybridized carbons (Fsp3) is 0.500. The molecule has 0 aliphatic rings. The van der Waals surface area contributed by atoms with E-state index in [2.05, 4.69) is 5.10 Å². The number of ketones is 1. The third kappa shape index (κ3) is 1.92. The molecule has 1 heterocycles. The van der Waals surface area contributed by atoms with E-state index in [0.29, 0.717) is 18.7 Å². The zero-order valence-corrected chi connectivity index (χ0v) is 7.28. The first-order valence-corrected chi connectivity index (χ1v) is 3.76. The summed E-state index contributed by atoms with van der Waals surface area (Å²) in [5.74, 6) is 0.0665. The summed E-state index contributed by atoms with van der Waals surface area (Å²) in [6, 6.07) is 1.71. The molecular weight excluding hydrogens is 156 g/mol. The van der Waals surface area contributed by atoms with Gasteiger partial charge >= 0.3 is 0 Å². The van der Waals surface area contributed by atoms with Crippen molar-refractivity contribution in [2.24, 2.45) is 7.05 Å². The maximum Gasteiger partial charge on any atom is 0.183 e. The molecule has 4 nitrogen and oxygen atoms in total. The van der Waals surface area contributed by atoms with Gasteiger partial charge in [-0.3, -0.25) is 9.48 Å². The van der Waals surface area contributed by atoms with E-state index in [4.69, 9.17) is 4.74 Å². The van der Waals surface area contributed by atoms with Gasteiger partial charge in [0.2, 0.25) is 0 Å². The second-order valence-electron chi connectivity index (χ2n) is 2.51. The number of hydrogen-bond acceptors (Lipinski definition) is 3. The zero-order valence-electron chi connectivity index (χ0n) is 7.28. The highest BCUT2D eigenvalue weighted by Crippen LogP contribution is 2.00. The number of Topliss-reactive ketones (excluding diaryl/α,β-unsaturated/α-hetero) is 1. The number of nitrogens with zero attached hydrogens (tertiary/aromatic N) is 2. The van der Waals surface area contributed by atoms with Crippen LogP contribution in [0.25, 0.3) is 0 Å². The van der Waals surface area contributed by atoms with Gasteiger partial charge in [0.1, 0.15) is 5.69 Å². The lowest BCUT2D eigenvalue weighted by molar-refractivity contribution is 0.0923. The van der Waals surface area contributed by atoms with Gasteiger partial charge < -0.3 is 4.74 Å². The van der Waals surface area contributed by atoms with Crippen molar-refractivity contribution < 1.29 is 9.53 Å². The molecule has 12 heavy (non-hydrogen) atoms. The van der Waals surface area contributed by atoms with Gasteiger partial charge in [-0.15, -0.1) is 0 Å². The Morgan fingerprint density at radius 3 is 3.00 bits per heavy atom. The van der Waals surface area contributed by atoms with Gasteiger partial charge in [-0.1, -0.05) is 0 Å². The number of aryl methyl sites for hydroxylation is 1. The molecule has 0 fully saturated rings. The number of hydrogen-bond donors (Lipinski definition) is 0. The summed E-state index contributed by atoms with van der Waals surface area (Å²) in [6.07, 6.45) is 2.02. The molecule has 0 saturated heterocycles. The summed E-state index contributed by atoms with van der Waals surface area (Å²) in [4.78, 5) is 11.3. The normalized spacial score (nSPS) is 10.2. The predicted octanol–water partition coefficient (Wildman–Crippen LogP) is 0.639. The van der Waals surface area contributed by atoms with Crippen molar-refractivity contribution in [1.82, 2.24) is 9.78 Å². The summed E-state index contributed by atoms with van der Waals surface area (Å²) in [6.45, 7) is 0.462. The van der Waals surface area contributed by atoms with Gasteiger partial charge in [0.05, 0.1) is 6.61 Å². The minimum absolute atomic E-state index is 0.0665. The quantitative estimate of drug-likeness (QED) is 0.620. The fourth-order valence-corrected chi connectivity index (χ4v) is 0.970. The number of rotatable bonds is 4. The molecule has 0 aliphatic carbocycles. The highest BCUT2D eigenvalue weighted by molar-refractivity contribution is 5.94. The van der Waals surface area contributed by atoms with Crippen LogP contribution in [0.3, 0.4) is 0 Å². The van der Waals surface area contributed by atoms with E-state index in [0.717, 1.165) is 0 Å². The van der Waals surface area contributed by atoms with Crippen LogP contribution in [0.15, 0.2) is 12.3 Å². The van der Waals surface area contributed by atoms with Gasteiger partial charge in [-0.2, -0.15) is 5.10 Å². The molecule has 1 aromatic heterocycles. The van der Waals surface area contributed by atoms with Crippen LogP contribution in [-0.4, -0.2) is 29.3 Å². The number of methoxy groups -OCH3 is 1. The molecule has 0 bridgehead atoms. The van der Waals surface area contributed by atoms with Crippen LogP contribution >= 0.6 is 0 Å². The topological polar surface area (TPSA) is 44.1 Å². The Bertz CT molecular complexity index is 268. The first-order chi connectivity index (χ1) is 5.75. The van der Waals surface area contributed by atoms with Crippen molar-refractivity contribution in [2.75, 3.05) is 13.7 Å². The number of carbonyl (C=O) groups excluding carboxylic acids is 1. The Hall–Kier alpha value is -1.16. The summed E-state index contributed by atoms with van der Waals surface area (Å²) < 4.78 is 6.37. The van der Waals surface area contributed by atoms with Crippen molar-refractivity contribution in [3.8, 4) is 0 Å². The fourth-order valence-electron chi connectivity index (χ4n) is 0.970. The van der Waals surface area contributed by atoms with Crippen molar-refractivity contribution in [3.05, 3.63) is 18.0 Å². The first kappa shape index (κ1) is 8.93. The molecule has 0 amide bonds. The van der Waals surface area contributed by atoms with E-state index >= 15 is 0 Å². The molecule has 1 rings (SSSR count). The maximum atomic E-state index is 11.3. The molecule has 0 spiro atoms. The molecule has 1 aromatic rings. The molecule has 0 N–H and O–H groups in total. The smallest absolute Gasteiger partial charge is 0.183 e. The molecule has 0 atom stereocenters. The summed E-state index contributed by atoms with van der Waals surface area (Å²) in [5, 5.41) is 3.90. The van der Waals surface area contributed by atoms with Crippen molar-refractivity contribution in [1.29, 1.82) is 0 Å². The number of carbonyl (C=O) groups is 1. The average Bonchev–Trinajstić information content (AvgIpc) is 2.47. The lowest BCUT2D eigenvalue weighted by Crippen LogP contribution is -2.08. The van der Waals surface area contributed by atoms with Crippen molar-refractivity contribution in [3.63, 3.8) is 0 Å². The molecule has 0 aromatic carbocycles. The molecule has 0 radical (unpaired) electrons. The molecule has 0 aliphatic heterocycles. The zero-order chi connectivity index (χ0) is 8.97. The van der Waals surface area contributed by atoms with Crippen LogP contribution < -0.4 is 0 Å². The van der Waals surface area contributed by atoms with E-state index < -0.39 is 0 Å². The average molecular weight is 168 g/mol. The summed E-state index contributed by atoms with van der Waals surface area (Å²) in [7, 11) is 3.33. The Morgan fingerprint density at radius 2 is 2.50 bits per heavy atom. The third-order valence-electron chi connectivity index (χ3n) is 1.64. The molecule has 66 valence electrons. The minimum atomic E-state index is 0.0665. The second kappa shape index (κ2) is 4.01. The van der Waals surface area contributed by atoms with E-state index in [1.807, 2.05) is 0 Å². The van der Waals surface area contributed by atoms with Crippen LogP contribution in [0, 0.1) is 0 Å². The van der Waals surface area contributed by atoms with E-state index in [-0.39, 0.29) is 5.78 Å². The first-order valence-electron chi connectivity index (χ1n) is 3.76. The van der Waals surface area contributed by atoms with Crippen LogP contribution in [0.5, 0.6) is 0 Å². The number of ether oxygens (including phenoxy) is 1. The molecule has 4 heteroatoms. The maximum absolute atomic E-state index is 11.3. The van der Waals surface area contributed by atoms with Crippen molar-refractivity contribution >= 4 is 5.78 Å². The largest absolute Gasteiger partial charge is 0.384 e. The number of aromatic nitrogens is 2. The van der Waals surface area contributed by atoms with Crippen LogP contribution in [0.4, 0.5) is 0 Å². The van der Waals surface area contributed by atoms with Crippen molar-refractivity contribution in [2.45, 2.75) is 6.42 Å². The van der Waals surface area contributed by atoms with Crippen LogP contribution in [-0.2, 0) is 11.8 Å². The standard InChI is InChI=1S/C8H12N2O2/c1-10-7(3-5-9-10)8(11)4-6-12-2/h3,5H,4,6H2,1-2H3. The van der Waals surface area contributed by atoms with Gasteiger partial charge in [0, 0.05) is 26.8 Å². The molecule has 0 saturated carbocycles. The monoisotopic (exact) mass is 168 g/mol. The van der Waals surface area contributed by atoms with Crippen LogP contribution in [0.2, 0.25) is 0 Å². The lowest BCUT2D eigenvalue weighted by Gasteiger charge is -1.99. The van der Waals surface area contributed by atoms with E-state index in [9.17, 15) is 4.79 Å².